The number of para-hydroxylation sites is 2. The molecule has 0 aliphatic heterocycles. The fourth-order valence-corrected chi connectivity index (χ4v) is 4.41. The van der Waals surface area contributed by atoms with E-state index in [4.69, 9.17) is 4.74 Å². The second-order valence-corrected chi connectivity index (χ2v) is 8.56. The Balaban J connectivity index is 1.25. The molecule has 1 N–H and O–H groups in total. The molecule has 0 spiro atoms. The zero-order valence-corrected chi connectivity index (χ0v) is 19.3. The zero-order valence-electron chi connectivity index (χ0n) is 18.4. The van der Waals surface area contributed by atoms with Gasteiger partial charge in [-0.1, -0.05) is 30.3 Å². The van der Waals surface area contributed by atoms with Gasteiger partial charge in [-0.2, -0.15) is 5.10 Å². The van der Waals surface area contributed by atoms with Gasteiger partial charge in [0.05, 0.1) is 26.6 Å². The average Bonchev–Trinajstić information content (AvgIpc) is 3.36. The number of benzene rings is 2. The van der Waals surface area contributed by atoms with Crippen LogP contribution in [0.2, 0.25) is 0 Å². The minimum atomic E-state index is -0.581. The number of thiazole rings is 1. The van der Waals surface area contributed by atoms with Gasteiger partial charge in [0.15, 0.2) is 6.61 Å². The highest BCUT2D eigenvalue weighted by Gasteiger charge is 2.11. The Labute approximate surface area is 195 Å². The van der Waals surface area contributed by atoms with Crippen molar-refractivity contribution in [2.24, 2.45) is 0 Å². The molecule has 2 aromatic carbocycles. The summed E-state index contributed by atoms with van der Waals surface area (Å²) in [6.07, 6.45) is 3.62. The molecule has 33 heavy (non-hydrogen) atoms. The number of aromatic nitrogens is 3. The molecule has 0 saturated carbocycles. The first kappa shape index (κ1) is 22.4. The number of fused-ring (bicyclic) bond motifs is 1. The highest BCUT2D eigenvalue weighted by molar-refractivity contribution is 7.18. The lowest BCUT2D eigenvalue weighted by Crippen LogP contribution is -2.30. The van der Waals surface area contributed by atoms with E-state index in [1.54, 1.807) is 17.4 Å². The van der Waals surface area contributed by atoms with E-state index in [2.05, 4.69) is 15.4 Å². The van der Waals surface area contributed by atoms with E-state index in [0.717, 1.165) is 37.9 Å². The van der Waals surface area contributed by atoms with E-state index in [0.29, 0.717) is 13.0 Å². The Kier molecular flexibility index (Phi) is 6.95. The average molecular weight is 461 g/mol. The van der Waals surface area contributed by atoms with E-state index in [-0.39, 0.29) is 12.5 Å². The number of carbonyl (C=O) groups excluding carboxylic acids is 2. The smallest absolute Gasteiger partial charge is 0.331 e. The van der Waals surface area contributed by atoms with Crippen LogP contribution in [0.4, 0.5) is 0 Å². The highest BCUT2D eigenvalue weighted by Crippen LogP contribution is 2.21. The maximum Gasteiger partial charge on any atom is 0.331 e. The summed E-state index contributed by atoms with van der Waals surface area (Å²) < 4.78 is 8.03. The second-order valence-electron chi connectivity index (χ2n) is 7.45. The van der Waals surface area contributed by atoms with E-state index >= 15 is 0 Å². The summed E-state index contributed by atoms with van der Waals surface area (Å²) in [5, 5.41) is 8.26. The van der Waals surface area contributed by atoms with Crippen molar-refractivity contribution in [3.8, 4) is 5.69 Å². The van der Waals surface area contributed by atoms with Crippen LogP contribution < -0.4 is 5.32 Å². The zero-order chi connectivity index (χ0) is 23.2. The largest absolute Gasteiger partial charge is 0.452 e. The molecule has 2 aromatic heterocycles. The molecule has 0 bridgehead atoms. The summed E-state index contributed by atoms with van der Waals surface area (Å²) in [6.45, 7) is 3.93. The molecule has 0 aliphatic rings. The van der Waals surface area contributed by atoms with Crippen molar-refractivity contribution >= 4 is 39.5 Å². The van der Waals surface area contributed by atoms with Crippen LogP contribution in [0.3, 0.4) is 0 Å². The third kappa shape index (κ3) is 5.53. The van der Waals surface area contributed by atoms with E-state index in [1.165, 1.54) is 6.08 Å². The molecule has 0 aliphatic carbocycles. The molecule has 4 aromatic rings. The van der Waals surface area contributed by atoms with Crippen LogP contribution in [0.5, 0.6) is 0 Å². The molecule has 8 heteroatoms. The van der Waals surface area contributed by atoms with Gasteiger partial charge in [0.25, 0.3) is 5.91 Å². The summed E-state index contributed by atoms with van der Waals surface area (Å²) in [5.41, 5.74) is 4.46. The van der Waals surface area contributed by atoms with Crippen LogP contribution in [0.25, 0.3) is 22.0 Å². The summed E-state index contributed by atoms with van der Waals surface area (Å²) in [7, 11) is 0. The maximum absolute atomic E-state index is 12.1. The lowest BCUT2D eigenvalue weighted by Gasteiger charge is -2.04. The Morgan fingerprint density at radius 1 is 1.09 bits per heavy atom. The van der Waals surface area contributed by atoms with E-state index in [1.807, 2.05) is 73.1 Å². The second kappa shape index (κ2) is 10.2. The molecule has 1 amide bonds. The molecule has 168 valence electrons. The van der Waals surface area contributed by atoms with Crippen LogP contribution >= 0.6 is 11.3 Å². The fourth-order valence-electron chi connectivity index (χ4n) is 3.44. The number of rotatable bonds is 8. The predicted octanol–water partition coefficient (Wildman–Crippen LogP) is 4.01. The number of carbonyl (C=O) groups is 2. The number of ether oxygens (including phenoxy) is 1. The van der Waals surface area contributed by atoms with Crippen molar-refractivity contribution in [1.82, 2.24) is 20.1 Å². The quantitative estimate of drug-likeness (QED) is 0.317. The lowest BCUT2D eigenvalue weighted by atomic mass is 10.2. The van der Waals surface area contributed by atoms with Gasteiger partial charge in [-0.3, -0.25) is 4.79 Å². The van der Waals surface area contributed by atoms with E-state index in [9.17, 15) is 9.59 Å². The van der Waals surface area contributed by atoms with Gasteiger partial charge in [-0.15, -0.1) is 11.3 Å². The summed E-state index contributed by atoms with van der Waals surface area (Å²) >= 11 is 1.61. The summed E-state index contributed by atoms with van der Waals surface area (Å²) in [4.78, 5) is 28.6. The van der Waals surface area contributed by atoms with Crippen molar-refractivity contribution in [2.45, 2.75) is 20.3 Å². The maximum atomic E-state index is 12.1. The first-order valence-corrected chi connectivity index (χ1v) is 11.4. The molecule has 0 saturated heterocycles. The van der Waals surface area contributed by atoms with Crippen molar-refractivity contribution in [2.75, 3.05) is 13.2 Å². The fraction of sp³-hybridized carbons (Fsp3) is 0.200. The van der Waals surface area contributed by atoms with Crippen LogP contribution in [-0.2, 0) is 20.7 Å². The lowest BCUT2D eigenvalue weighted by molar-refractivity contribution is -0.143. The third-order valence-electron chi connectivity index (χ3n) is 5.08. The Hall–Kier alpha value is -3.78. The Morgan fingerprint density at radius 3 is 2.64 bits per heavy atom. The molecule has 4 rings (SSSR count). The van der Waals surface area contributed by atoms with Gasteiger partial charge in [-0.05, 0) is 44.2 Å². The first-order valence-electron chi connectivity index (χ1n) is 10.6. The number of nitrogens with zero attached hydrogens (tertiary/aromatic N) is 3. The number of hydrogen-bond donors (Lipinski definition) is 1. The van der Waals surface area contributed by atoms with Gasteiger partial charge in [-0.25, -0.2) is 14.5 Å². The minimum absolute atomic E-state index is 0.329. The number of hydrogen-bond acceptors (Lipinski definition) is 6. The molecule has 7 nitrogen and oxygen atoms in total. The number of aryl methyl sites for hydroxylation is 1. The molecule has 2 heterocycles. The normalized spacial score (nSPS) is 11.2. The van der Waals surface area contributed by atoms with Crippen LogP contribution in [0.15, 0.2) is 60.7 Å². The third-order valence-corrected chi connectivity index (χ3v) is 6.18. The number of amides is 1. The Morgan fingerprint density at radius 2 is 1.85 bits per heavy atom. The predicted molar refractivity (Wildman–Crippen MR) is 129 cm³/mol. The minimum Gasteiger partial charge on any atom is -0.452 e. The highest BCUT2D eigenvalue weighted by atomic mass is 32.1. The molecule has 0 fully saturated rings. The SMILES string of the molecule is Cc1nn(-c2ccccc2)c(C)c1/C=C/C(=O)OCC(=O)NCCc1nc2ccccc2s1. The number of esters is 1. The van der Waals surface area contributed by atoms with Crippen molar-refractivity contribution in [3.63, 3.8) is 0 Å². The van der Waals surface area contributed by atoms with Crippen molar-refractivity contribution < 1.29 is 14.3 Å². The van der Waals surface area contributed by atoms with Gasteiger partial charge >= 0.3 is 5.97 Å². The van der Waals surface area contributed by atoms with Crippen LogP contribution in [0.1, 0.15) is 22.0 Å². The molecular weight excluding hydrogens is 436 g/mol. The van der Waals surface area contributed by atoms with Crippen molar-refractivity contribution in [1.29, 1.82) is 0 Å². The van der Waals surface area contributed by atoms with Gasteiger partial charge in [0.2, 0.25) is 0 Å². The molecule has 0 atom stereocenters. The summed E-state index contributed by atoms with van der Waals surface area (Å²) in [6, 6.07) is 17.7. The first-order chi connectivity index (χ1) is 16.0. The van der Waals surface area contributed by atoms with Crippen LogP contribution in [-0.4, -0.2) is 39.8 Å². The molecule has 0 radical (unpaired) electrons. The van der Waals surface area contributed by atoms with Gasteiger partial charge in [0.1, 0.15) is 0 Å². The summed E-state index contributed by atoms with van der Waals surface area (Å²) in [5.74, 6) is -0.926. The molecule has 0 unspecified atom stereocenters. The molecular formula is C25H24N4O3S. The van der Waals surface area contributed by atoms with E-state index < -0.39 is 5.97 Å². The standard InChI is InChI=1S/C25H24N4O3S/c1-17-20(18(2)29(28-17)19-8-4-3-5-9-19)12-13-25(31)32-16-23(30)26-15-14-24-27-21-10-6-7-11-22(21)33-24/h3-13H,14-16H2,1-2H3,(H,26,30)/b13-12+. The van der Waals surface area contributed by atoms with Gasteiger partial charge < -0.3 is 10.1 Å². The van der Waals surface area contributed by atoms with Gasteiger partial charge in [0, 0.05) is 30.3 Å². The number of nitrogens with one attached hydrogen (secondary N) is 1. The topological polar surface area (TPSA) is 86.1 Å². The van der Waals surface area contributed by atoms with Crippen LogP contribution in [0, 0.1) is 13.8 Å². The van der Waals surface area contributed by atoms with Crippen molar-refractivity contribution in [3.05, 3.63) is 82.6 Å². The monoisotopic (exact) mass is 460 g/mol. The Bertz CT molecular complexity index is 1270.